The first-order chi connectivity index (χ1) is 14.1. The summed E-state index contributed by atoms with van der Waals surface area (Å²) in [6.45, 7) is 4.48. The van der Waals surface area contributed by atoms with Crippen LogP contribution in [-0.4, -0.2) is 53.3 Å². The molecule has 0 spiro atoms. The molecule has 0 bridgehead atoms. The summed E-state index contributed by atoms with van der Waals surface area (Å²) in [4.78, 5) is 32.1. The average Bonchev–Trinajstić information content (AvgIpc) is 2.75. The highest BCUT2D eigenvalue weighted by Crippen LogP contribution is 2.27. The minimum atomic E-state index is -0.371. The Morgan fingerprint density at radius 3 is 2.62 bits per heavy atom. The van der Waals surface area contributed by atoms with Gasteiger partial charge in [0.15, 0.2) is 0 Å². The predicted molar refractivity (Wildman–Crippen MR) is 114 cm³/mol. The summed E-state index contributed by atoms with van der Waals surface area (Å²) in [5, 5.41) is 2.79. The van der Waals surface area contributed by atoms with E-state index in [4.69, 9.17) is 4.74 Å². The standard InChI is InChI=1S/C22H27N3O3S/c1-16(22(27)28-2)29-20-9-4-3-8-19(20)21(26)24-17-10-13-25(14-11-17)15-18-7-5-6-12-23-18/h3-9,12,16-17H,10-11,13-15H2,1-2H3,(H,24,26). The fourth-order valence-electron chi connectivity index (χ4n) is 3.38. The van der Waals surface area contributed by atoms with Gasteiger partial charge in [-0.3, -0.25) is 19.5 Å². The quantitative estimate of drug-likeness (QED) is 0.555. The summed E-state index contributed by atoms with van der Waals surface area (Å²) in [6, 6.07) is 13.5. The van der Waals surface area contributed by atoms with Crippen molar-refractivity contribution in [2.24, 2.45) is 0 Å². The Morgan fingerprint density at radius 1 is 1.21 bits per heavy atom. The number of carbonyl (C=O) groups is 2. The van der Waals surface area contributed by atoms with Gasteiger partial charge < -0.3 is 10.1 Å². The van der Waals surface area contributed by atoms with Crippen LogP contribution in [0.4, 0.5) is 0 Å². The molecule has 29 heavy (non-hydrogen) atoms. The molecule has 6 nitrogen and oxygen atoms in total. The molecule has 154 valence electrons. The lowest BCUT2D eigenvalue weighted by Gasteiger charge is -2.32. The molecule has 2 heterocycles. The summed E-state index contributed by atoms with van der Waals surface area (Å²) in [5.41, 5.74) is 1.67. The fourth-order valence-corrected chi connectivity index (χ4v) is 4.40. The van der Waals surface area contributed by atoms with E-state index in [2.05, 4.69) is 15.2 Å². The number of carbonyl (C=O) groups excluding carboxylic acids is 2. The zero-order valence-corrected chi connectivity index (χ0v) is 17.7. The number of piperidine rings is 1. The van der Waals surface area contributed by atoms with Crippen LogP contribution in [0.3, 0.4) is 0 Å². The molecule has 1 aromatic heterocycles. The number of hydrogen-bond acceptors (Lipinski definition) is 6. The number of rotatable bonds is 7. The van der Waals surface area contributed by atoms with E-state index in [0.717, 1.165) is 43.1 Å². The minimum absolute atomic E-state index is 0.0895. The van der Waals surface area contributed by atoms with Crippen LogP contribution >= 0.6 is 11.8 Å². The molecular formula is C22H27N3O3S. The molecule has 1 N–H and O–H groups in total. The van der Waals surface area contributed by atoms with Gasteiger partial charge in [-0.25, -0.2) is 0 Å². The van der Waals surface area contributed by atoms with E-state index >= 15 is 0 Å². The molecule has 3 rings (SSSR count). The Balaban J connectivity index is 1.54. The predicted octanol–water partition coefficient (Wildman–Crippen LogP) is 3.13. The van der Waals surface area contributed by atoms with Crippen molar-refractivity contribution in [1.82, 2.24) is 15.2 Å². The first kappa shape index (κ1) is 21.3. The number of hydrogen-bond donors (Lipinski definition) is 1. The van der Waals surface area contributed by atoms with Crippen LogP contribution in [0.25, 0.3) is 0 Å². The first-order valence-electron chi connectivity index (χ1n) is 9.83. The van der Waals surface area contributed by atoms with Gasteiger partial charge in [-0.15, -0.1) is 11.8 Å². The maximum absolute atomic E-state index is 12.9. The summed E-state index contributed by atoms with van der Waals surface area (Å²) in [7, 11) is 1.37. The van der Waals surface area contributed by atoms with Crippen LogP contribution < -0.4 is 5.32 Å². The Bertz CT molecular complexity index is 823. The Kier molecular flexibility index (Phi) is 7.66. The number of thioether (sulfide) groups is 1. The first-order valence-corrected chi connectivity index (χ1v) is 10.7. The van der Waals surface area contributed by atoms with E-state index < -0.39 is 0 Å². The van der Waals surface area contributed by atoms with E-state index in [1.807, 2.05) is 42.6 Å². The normalized spacial score (nSPS) is 16.2. The molecule has 0 aliphatic carbocycles. The monoisotopic (exact) mass is 413 g/mol. The maximum Gasteiger partial charge on any atom is 0.318 e. The van der Waals surface area contributed by atoms with E-state index in [0.29, 0.717) is 5.56 Å². The third-order valence-electron chi connectivity index (χ3n) is 5.00. The van der Waals surface area contributed by atoms with Crippen molar-refractivity contribution in [3.05, 3.63) is 59.9 Å². The highest BCUT2D eigenvalue weighted by molar-refractivity contribution is 8.00. The van der Waals surface area contributed by atoms with Crippen LogP contribution in [0.1, 0.15) is 35.8 Å². The van der Waals surface area contributed by atoms with Gasteiger partial charge in [-0.2, -0.15) is 0 Å². The Morgan fingerprint density at radius 2 is 1.93 bits per heavy atom. The van der Waals surface area contributed by atoms with Crippen LogP contribution in [0.2, 0.25) is 0 Å². The van der Waals surface area contributed by atoms with Crippen molar-refractivity contribution in [2.45, 2.75) is 42.5 Å². The number of aromatic nitrogens is 1. The molecule has 1 amide bonds. The molecule has 1 atom stereocenters. The molecule has 0 radical (unpaired) electrons. The SMILES string of the molecule is COC(=O)C(C)Sc1ccccc1C(=O)NC1CCN(Cc2ccccn2)CC1. The fraction of sp³-hybridized carbons (Fsp3) is 0.409. The number of methoxy groups -OCH3 is 1. The molecule has 0 saturated carbocycles. The van der Waals surface area contributed by atoms with E-state index in [1.54, 1.807) is 13.0 Å². The second-order valence-electron chi connectivity index (χ2n) is 7.12. The number of amides is 1. The van der Waals surface area contributed by atoms with Gasteiger partial charge in [-0.1, -0.05) is 18.2 Å². The van der Waals surface area contributed by atoms with Crippen LogP contribution in [-0.2, 0) is 16.1 Å². The van der Waals surface area contributed by atoms with Gasteiger partial charge in [0.05, 0.1) is 18.4 Å². The summed E-state index contributed by atoms with van der Waals surface area (Å²) in [5.74, 6) is -0.390. The van der Waals surface area contributed by atoms with Gasteiger partial charge in [0, 0.05) is 36.8 Å². The molecule has 1 unspecified atom stereocenters. The molecular weight excluding hydrogens is 386 g/mol. The highest BCUT2D eigenvalue weighted by Gasteiger charge is 2.23. The van der Waals surface area contributed by atoms with Gasteiger partial charge >= 0.3 is 5.97 Å². The van der Waals surface area contributed by atoms with Crippen molar-refractivity contribution in [3.8, 4) is 0 Å². The van der Waals surface area contributed by atoms with E-state index in [9.17, 15) is 9.59 Å². The number of nitrogens with one attached hydrogen (secondary N) is 1. The van der Waals surface area contributed by atoms with Crippen LogP contribution in [0, 0.1) is 0 Å². The highest BCUT2D eigenvalue weighted by atomic mass is 32.2. The number of ether oxygens (including phenoxy) is 1. The number of pyridine rings is 1. The van der Waals surface area contributed by atoms with Crippen LogP contribution in [0.15, 0.2) is 53.6 Å². The molecule has 1 aliphatic heterocycles. The average molecular weight is 414 g/mol. The van der Waals surface area contributed by atoms with Gasteiger partial charge in [-0.05, 0) is 44.0 Å². The van der Waals surface area contributed by atoms with Crippen molar-refractivity contribution in [2.75, 3.05) is 20.2 Å². The Hall–Kier alpha value is -2.38. The Labute approximate surface area is 176 Å². The molecule has 1 aliphatic rings. The molecule has 7 heteroatoms. The van der Waals surface area contributed by atoms with E-state index in [1.165, 1.54) is 18.9 Å². The van der Waals surface area contributed by atoms with Crippen molar-refractivity contribution >= 4 is 23.6 Å². The van der Waals surface area contributed by atoms with E-state index in [-0.39, 0.29) is 23.2 Å². The lowest BCUT2D eigenvalue weighted by atomic mass is 10.0. The molecule has 1 fully saturated rings. The molecule has 1 saturated heterocycles. The topological polar surface area (TPSA) is 71.5 Å². The number of nitrogens with zero attached hydrogens (tertiary/aromatic N) is 2. The second kappa shape index (κ2) is 10.4. The van der Waals surface area contributed by atoms with Gasteiger partial charge in [0.2, 0.25) is 0 Å². The second-order valence-corrected chi connectivity index (χ2v) is 8.51. The van der Waals surface area contributed by atoms with Gasteiger partial charge in [0.1, 0.15) is 5.25 Å². The third kappa shape index (κ3) is 6.05. The smallest absolute Gasteiger partial charge is 0.318 e. The lowest BCUT2D eigenvalue weighted by Crippen LogP contribution is -2.44. The minimum Gasteiger partial charge on any atom is -0.468 e. The zero-order chi connectivity index (χ0) is 20.6. The van der Waals surface area contributed by atoms with Crippen molar-refractivity contribution < 1.29 is 14.3 Å². The van der Waals surface area contributed by atoms with Crippen molar-refractivity contribution in [3.63, 3.8) is 0 Å². The third-order valence-corrected chi connectivity index (χ3v) is 6.16. The van der Waals surface area contributed by atoms with Crippen molar-refractivity contribution in [1.29, 1.82) is 0 Å². The van der Waals surface area contributed by atoms with Crippen LogP contribution in [0.5, 0.6) is 0 Å². The number of likely N-dealkylation sites (tertiary alicyclic amines) is 1. The number of benzene rings is 1. The summed E-state index contributed by atoms with van der Waals surface area (Å²) in [6.07, 6.45) is 3.64. The maximum atomic E-state index is 12.9. The summed E-state index contributed by atoms with van der Waals surface area (Å²) >= 11 is 1.34. The van der Waals surface area contributed by atoms with Gasteiger partial charge in [0.25, 0.3) is 5.91 Å². The molecule has 1 aromatic carbocycles. The zero-order valence-electron chi connectivity index (χ0n) is 16.8. The summed E-state index contributed by atoms with van der Waals surface area (Å²) < 4.78 is 4.79. The molecule has 2 aromatic rings. The lowest BCUT2D eigenvalue weighted by molar-refractivity contribution is -0.139. The largest absolute Gasteiger partial charge is 0.468 e. The number of esters is 1.